The Morgan fingerprint density at radius 2 is 1.53 bits per heavy atom. The molecule has 38 heavy (non-hydrogen) atoms. The summed E-state index contributed by atoms with van der Waals surface area (Å²) in [6.45, 7) is 5.36. The van der Waals surface area contributed by atoms with Crippen molar-refractivity contribution < 1.29 is 18.0 Å². The normalized spacial score (nSPS) is 12.8. The zero-order valence-electron chi connectivity index (χ0n) is 21.9. The van der Waals surface area contributed by atoms with Crippen molar-refractivity contribution in [1.29, 1.82) is 0 Å². The molecule has 0 aliphatic rings. The molecule has 0 unspecified atom stereocenters. The van der Waals surface area contributed by atoms with Gasteiger partial charge < -0.3 is 10.2 Å². The number of benzene rings is 3. The molecule has 0 bridgehead atoms. The van der Waals surface area contributed by atoms with Crippen molar-refractivity contribution in [1.82, 2.24) is 10.2 Å². The first-order valence-corrected chi connectivity index (χ1v) is 14.5. The maximum atomic E-state index is 14.0. The van der Waals surface area contributed by atoms with Gasteiger partial charge in [-0.05, 0) is 55.7 Å². The standard InChI is InChI=1S/C29H34ClN3O4S/c1-4-22(3)31-29(35)27(5-2)32(20-23-13-8-6-9-14-23)28(34)21-33(25-16-12-15-24(30)19-25)38(36,37)26-17-10-7-11-18-26/h6-19,22,27H,4-5,20-21H2,1-3H3,(H,31,35)/t22-,27+/m1/s1. The van der Waals surface area contributed by atoms with Gasteiger partial charge in [-0.2, -0.15) is 0 Å². The van der Waals surface area contributed by atoms with Crippen LogP contribution >= 0.6 is 11.6 Å². The summed E-state index contributed by atoms with van der Waals surface area (Å²) in [6.07, 6.45) is 1.11. The van der Waals surface area contributed by atoms with Gasteiger partial charge in [-0.15, -0.1) is 0 Å². The summed E-state index contributed by atoms with van der Waals surface area (Å²) in [6, 6.07) is 22.8. The van der Waals surface area contributed by atoms with Crippen molar-refractivity contribution in [2.24, 2.45) is 0 Å². The second-order valence-corrected chi connectivity index (χ2v) is 11.4. The van der Waals surface area contributed by atoms with Gasteiger partial charge in [0.25, 0.3) is 10.0 Å². The third kappa shape index (κ3) is 7.36. The minimum Gasteiger partial charge on any atom is -0.352 e. The third-order valence-corrected chi connectivity index (χ3v) is 8.31. The van der Waals surface area contributed by atoms with Crippen LogP contribution < -0.4 is 9.62 Å². The molecule has 0 aromatic heterocycles. The van der Waals surface area contributed by atoms with Crippen LogP contribution in [0.4, 0.5) is 5.69 Å². The number of nitrogens with zero attached hydrogens (tertiary/aromatic N) is 2. The van der Waals surface area contributed by atoms with Gasteiger partial charge in [-0.25, -0.2) is 8.42 Å². The molecule has 3 aromatic rings. The van der Waals surface area contributed by atoms with E-state index >= 15 is 0 Å². The number of hydrogen-bond acceptors (Lipinski definition) is 4. The Bertz CT molecular complexity index is 1320. The number of anilines is 1. The monoisotopic (exact) mass is 555 g/mol. The predicted octanol–water partition coefficient (Wildman–Crippen LogP) is 5.26. The van der Waals surface area contributed by atoms with E-state index in [1.165, 1.54) is 23.1 Å². The fraction of sp³-hybridized carbons (Fsp3) is 0.310. The van der Waals surface area contributed by atoms with Crippen LogP contribution in [0.2, 0.25) is 5.02 Å². The van der Waals surface area contributed by atoms with E-state index in [-0.39, 0.29) is 29.1 Å². The number of carbonyl (C=O) groups is 2. The van der Waals surface area contributed by atoms with Gasteiger partial charge in [0.05, 0.1) is 10.6 Å². The lowest BCUT2D eigenvalue weighted by Gasteiger charge is -2.33. The van der Waals surface area contributed by atoms with Gasteiger partial charge in [-0.3, -0.25) is 13.9 Å². The Hall–Kier alpha value is -3.36. The topological polar surface area (TPSA) is 86.8 Å². The van der Waals surface area contributed by atoms with Gasteiger partial charge in [0.2, 0.25) is 11.8 Å². The maximum Gasteiger partial charge on any atom is 0.264 e. The van der Waals surface area contributed by atoms with E-state index in [0.717, 1.165) is 16.3 Å². The van der Waals surface area contributed by atoms with Gasteiger partial charge >= 0.3 is 0 Å². The molecule has 3 rings (SSSR count). The zero-order chi connectivity index (χ0) is 27.7. The molecule has 0 saturated carbocycles. The summed E-state index contributed by atoms with van der Waals surface area (Å²) in [7, 11) is -4.12. The maximum absolute atomic E-state index is 14.0. The smallest absolute Gasteiger partial charge is 0.264 e. The van der Waals surface area contributed by atoms with Crippen molar-refractivity contribution in [3.8, 4) is 0 Å². The summed E-state index contributed by atoms with van der Waals surface area (Å²) in [5, 5.41) is 3.30. The Balaban J connectivity index is 2.03. The molecule has 3 aromatic carbocycles. The van der Waals surface area contributed by atoms with Crippen LogP contribution in [0.15, 0.2) is 89.8 Å². The van der Waals surface area contributed by atoms with Crippen molar-refractivity contribution in [2.45, 2.75) is 57.1 Å². The van der Waals surface area contributed by atoms with Crippen molar-refractivity contribution >= 4 is 39.1 Å². The van der Waals surface area contributed by atoms with Crippen molar-refractivity contribution in [2.75, 3.05) is 10.8 Å². The van der Waals surface area contributed by atoms with E-state index < -0.39 is 28.5 Å². The predicted molar refractivity (Wildman–Crippen MR) is 151 cm³/mol. The first-order valence-electron chi connectivity index (χ1n) is 12.6. The molecule has 0 heterocycles. The lowest BCUT2D eigenvalue weighted by Crippen LogP contribution is -2.53. The molecule has 0 saturated heterocycles. The number of rotatable bonds is 12. The second-order valence-electron chi connectivity index (χ2n) is 9.05. The Morgan fingerprint density at radius 1 is 0.895 bits per heavy atom. The van der Waals surface area contributed by atoms with E-state index in [0.29, 0.717) is 11.4 Å². The molecule has 0 aliphatic heterocycles. The minimum atomic E-state index is -4.12. The van der Waals surface area contributed by atoms with E-state index in [9.17, 15) is 18.0 Å². The van der Waals surface area contributed by atoms with Crippen LogP contribution in [0.3, 0.4) is 0 Å². The first kappa shape index (κ1) is 29.2. The number of carbonyl (C=O) groups excluding carboxylic acids is 2. The lowest BCUT2D eigenvalue weighted by molar-refractivity contribution is -0.140. The average molecular weight is 556 g/mol. The third-order valence-electron chi connectivity index (χ3n) is 6.29. The zero-order valence-corrected chi connectivity index (χ0v) is 23.5. The van der Waals surface area contributed by atoms with Crippen LogP contribution in [0.25, 0.3) is 0 Å². The molecule has 7 nitrogen and oxygen atoms in total. The fourth-order valence-electron chi connectivity index (χ4n) is 4.02. The molecular formula is C29H34ClN3O4S. The second kappa shape index (κ2) is 13.4. The van der Waals surface area contributed by atoms with Crippen LogP contribution in [0.1, 0.15) is 39.2 Å². The van der Waals surface area contributed by atoms with Crippen LogP contribution in [-0.2, 0) is 26.2 Å². The molecule has 0 fully saturated rings. The van der Waals surface area contributed by atoms with Gasteiger partial charge in [-0.1, -0.05) is 80.0 Å². The van der Waals surface area contributed by atoms with E-state index in [1.54, 1.807) is 36.4 Å². The van der Waals surface area contributed by atoms with Gasteiger partial charge in [0.15, 0.2) is 0 Å². The highest BCUT2D eigenvalue weighted by molar-refractivity contribution is 7.92. The van der Waals surface area contributed by atoms with Crippen LogP contribution in [0.5, 0.6) is 0 Å². The van der Waals surface area contributed by atoms with Crippen LogP contribution in [-0.4, -0.2) is 43.8 Å². The number of nitrogens with one attached hydrogen (secondary N) is 1. The molecule has 1 N–H and O–H groups in total. The number of halogens is 1. The highest BCUT2D eigenvalue weighted by atomic mass is 35.5. The highest BCUT2D eigenvalue weighted by Gasteiger charge is 2.34. The van der Waals surface area contributed by atoms with E-state index in [4.69, 9.17) is 11.6 Å². The van der Waals surface area contributed by atoms with Crippen molar-refractivity contribution in [3.63, 3.8) is 0 Å². The Labute approximate surface area is 230 Å². The van der Waals surface area contributed by atoms with E-state index in [1.807, 2.05) is 51.1 Å². The molecule has 202 valence electrons. The summed E-state index contributed by atoms with van der Waals surface area (Å²) < 4.78 is 28.6. The molecule has 0 aliphatic carbocycles. The average Bonchev–Trinajstić information content (AvgIpc) is 2.92. The van der Waals surface area contributed by atoms with Gasteiger partial charge in [0.1, 0.15) is 12.6 Å². The minimum absolute atomic E-state index is 0.0453. The number of hydrogen-bond donors (Lipinski definition) is 1. The molecule has 2 amide bonds. The Kier molecular flexibility index (Phi) is 10.3. The quantitative estimate of drug-likeness (QED) is 0.330. The Morgan fingerprint density at radius 3 is 2.11 bits per heavy atom. The largest absolute Gasteiger partial charge is 0.352 e. The SMILES string of the molecule is CC[C@@H](C)NC(=O)[C@H](CC)N(Cc1ccccc1)C(=O)CN(c1cccc(Cl)c1)S(=O)(=O)c1ccccc1. The summed E-state index contributed by atoms with van der Waals surface area (Å²) in [5.41, 5.74) is 1.09. The number of amides is 2. The van der Waals surface area contributed by atoms with Crippen molar-refractivity contribution in [3.05, 3.63) is 95.5 Å². The molecular weight excluding hydrogens is 522 g/mol. The summed E-state index contributed by atoms with van der Waals surface area (Å²) in [4.78, 5) is 28.7. The fourth-order valence-corrected chi connectivity index (χ4v) is 5.63. The van der Waals surface area contributed by atoms with Gasteiger partial charge in [0, 0.05) is 17.6 Å². The summed E-state index contributed by atoms with van der Waals surface area (Å²) in [5.74, 6) is -0.772. The molecule has 9 heteroatoms. The molecule has 0 radical (unpaired) electrons. The highest BCUT2D eigenvalue weighted by Crippen LogP contribution is 2.27. The summed E-state index contributed by atoms with van der Waals surface area (Å²) >= 11 is 6.20. The van der Waals surface area contributed by atoms with Crippen LogP contribution in [0, 0.1) is 0 Å². The molecule has 2 atom stereocenters. The first-order chi connectivity index (χ1) is 18.2. The molecule has 0 spiro atoms. The number of sulfonamides is 1. The lowest BCUT2D eigenvalue weighted by atomic mass is 10.1. The van der Waals surface area contributed by atoms with E-state index in [2.05, 4.69) is 5.32 Å².